The van der Waals surface area contributed by atoms with Crippen molar-refractivity contribution in [3.63, 3.8) is 0 Å². The zero-order chi connectivity index (χ0) is 25.4. The van der Waals surface area contributed by atoms with Gasteiger partial charge in [0.05, 0.1) is 0 Å². The molecule has 13 heteroatoms. The molecular weight excluding hydrogens is 528 g/mol. The van der Waals surface area contributed by atoms with Gasteiger partial charge < -0.3 is 0 Å². The maximum atomic E-state index is 14.8. The quantitative estimate of drug-likeness (QED) is 0.372. The minimum atomic E-state index is -1.37. The number of hydrogen-bond donors (Lipinski definition) is 1. The van der Waals surface area contributed by atoms with Crippen LogP contribution in [0, 0.1) is 11.3 Å². The van der Waals surface area contributed by atoms with Crippen LogP contribution in [0.15, 0.2) is 36.9 Å². The van der Waals surface area contributed by atoms with Crippen molar-refractivity contribution in [3.8, 4) is 23.1 Å². The molecule has 36 heavy (non-hydrogen) atoms. The molecule has 4 aromatic rings. The molecule has 3 atom stereocenters. The molecule has 4 aromatic heterocycles. The van der Waals surface area contributed by atoms with Crippen molar-refractivity contribution in [1.29, 1.82) is 5.26 Å². The number of halogens is 1. The molecule has 5 heterocycles. The number of amides is 1. The van der Waals surface area contributed by atoms with E-state index in [1.807, 2.05) is 6.07 Å². The average molecular weight is 551 g/mol. The Bertz CT molecular complexity index is 1480. The molecule has 0 aliphatic carbocycles. The predicted octanol–water partition coefficient (Wildman–Crippen LogP) is 2.10. The van der Waals surface area contributed by atoms with Gasteiger partial charge in [-0.1, -0.05) is 0 Å². The summed E-state index contributed by atoms with van der Waals surface area (Å²) in [7, 11) is 0. The first-order valence-electron chi connectivity index (χ1n) is 11.4. The fourth-order valence-electron chi connectivity index (χ4n) is 4.27. The number of nitrogens with zero attached hydrogens (tertiary/aromatic N) is 9. The van der Waals surface area contributed by atoms with Crippen LogP contribution < -0.4 is 4.35 Å². The number of piperidine rings is 1. The van der Waals surface area contributed by atoms with Gasteiger partial charge in [0.1, 0.15) is 0 Å². The van der Waals surface area contributed by atoms with Crippen LogP contribution in [0.4, 0.5) is 9.18 Å². The topological polar surface area (TPSA) is 139 Å². The van der Waals surface area contributed by atoms with Gasteiger partial charge >= 0.3 is 212 Å². The van der Waals surface area contributed by atoms with E-state index in [4.69, 9.17) is 10.4 Å². The molecular formula is C23H23AsFN9O2. The summed E-state index contributed by atoms with van der Waals surface area (Å²) in [6, 6.07) is 5.24. The van der Waals surface area contributed by atoms with E-state index in [9.17, 15) is 9.18 Å². The molecule has 0 bridgehead atoms. The summed E-state index contributed by atoms with van der Waals surface area (Å²) in [5.41, 5.74) is 2.51. The molecule has 0 spiro atoms. The second-order valence-corrected chi connectivity index (χ2v) is 13.0. The number of aromatic nitrogens is 7. The number of nitriles is 1. The molecule has 5 rings (SSSR count). The zero-order valence-corrected chi connectivity index (χ0v) is 21.7. The Morgan fingerprint density at radius 1 is 1.28 bits per heavy atom. The molecule has 1 aliphatic rings. The normalized spacial score (nSPS) is 18.4. The summed E-state index contributed by atoms with van der Waals surface area (Å²) in [6.07, 6.45) is 4.47. The average Bonchev–Trinajstić information content (AvgIpc) is 3.50. The Morgan fingerprint density at radius 2 is 2.11 bits per heavy atom. The van der Waals surface area contributed by atoms with Crippen molar-refractivity contribution in [2.24, 2.45) is 0 Å². The maximum absolute atomic E-state index is 14.8. The van der Waals surface area contributed by atoms with Crippen molar-refractivity contribution in [2.75, 3.05) is 13.1 Å². The SMILES string of the molecule is CC(C)[AsH]c1cc(-n2ncc3cc(C#N)cnc32)ncc1-c1cn(C2CCN(C(=O)O)CC2F)nn1. The van der Waals surface area contributed by atoms with E-state index in [0.29, 0.717) is 33.8 Å². The fraction of sp³-hybridized carbons (Fsp3) is 0.348. The van der Waals surface area contributed by atoms with Gasteiger partial charge in [0, 0.05) is 0 Å². The molecule has 1 amide bonds. The molecule has 1 fully saturated rings. The third kappa shape index (κ3) is 4.54. The Morgan fingerprint density at radius 3 is 2.83 bits per heavy atom. The summed E-state index contributed by atoms with van der Waals surface area (Å²) >= 11 is -0.582. The van der Waals surface area contributed by atoms with Gasteiger partial charge in [0.15, 0.2) is 0 Å². The first-order chi connectivity index (χ1) is 17.3. The number of hydrogen-bond acceptors (Lipinski definition) is 7. The number of pyridine rings is 2. The van der Waals surface area contributed by atoms with Crippen LogP contribution in [0.2, 0.25) is 4.71 Å². The van der Waals surface area contributed by atoms with Crippen LogP contribution in [0.3, 0.4) is 0 Å². The van der Waals surface area contributed by atoms with Crippen LogP contribution in [-0.2, 0) is 0 Å². The van der Waals surface area contributed by atoms with Crippen molar-refractivity contribution >= 4 is 37.2 Å². The van der Waals surface area contributed by atoms with Crippen LogP contribution in [0.5, 0.6) is 0 Å². The predicted molar refractivity (Wildman–Crippen MR) is 130 cm³/mol. The molecule has 184 valence electrons. The van der Waals surface area contributed by atoms with Crippen molar-refractivity contribution in [3.05, 3.63) is 42.5 Å². The number of carbonyl (C=O) groups is 1. The number of alkyl halides is 1. The number of likely N-dealkylation sites (tertiary alicyclic amines) is 1. The Hall–Kier alpha value is -3.84. The Balaban J connectivity index is 1.47. The first-order valence-corrected chi connectivity index (χ1v) is 13.6. The Kier molecular flexibility index (Phi) is 6.41. The van der Waals surface area contributed by atoms with E-state index in [1.165, 1.54) is 10.9 Å². The molecule has 3 unspecified atom stereocenters. The monoisotopic (exact) mass is 551 g/mol. The van der Waals surface area contributed by atoms with Gasteiger partial charge in [-0.15, -0.1) is 0 Å². The van der Waals surface area contributed by atoms with E-state index in [2.05, 4.69) is 45.3 Å². The molecule has 0 radical (unpaired) electrons. The first kappa shape index (κ1) is 23.9. The van der Waals surface area contributed by atoms with E-state index in [0.717, 1.165) is 20.2 Å². The summed E-state index contributed by atoms with van der Waals surface area (Å²) < 4.78 is 19.5. The van der Waals surface area contributed by atoms with Gasteiger partial charge in [-0.25, -0.2) is 0 Å². The minimum absolute atomic E-state index is 0.183. The second-order valence-electron chi connectivity index (χ2n) is 8.88. The summed E-state index contributed by atoms with van der Waals surface area (Å²) in [5, 5.41) is 31.9. The van der Waals surface area contributed by atoms with Crippen molar-refractivity contribution < 1.29 is 14.3 Å². The number of carboxylic acid groups (broad SMARTS) is 1. The van der Waals surface area contributed by atoms with E-state index in [-0.39, 0.29) is 13.1 Å². The fourth-order valence-corrected chi connectivity index (χ4v) is 6.75. The summed E-state index contributed by atoms with van der Waals surface area (Å²) in [4.78, 5) is 21.3. The van der Waals surface area contributed by atoms with E-state index in [1.54, 1.807) is 29.3 Å². The summed E-state index contributed by atoms with van der Waals surface area (Å²) in [5.74, 6) is 0.614. The van der Waals surface area contributed by atoms with Crippen molar-refractivity contribution in [2.45, 2.75) is 37.2 Å². The molecule has 0 aromatic carbocycles. The van der Waals surface area contributed by atoms with Gasteiger partial charge in [-0.3, -0.25) is 0 Å². The molecule has 1 saturated heterocycles. The van der Waals surface area contributed by atoms with Gasteiger partial charge in [-0.2, -0.15) is 0 Å². The van der Waals surface area contributed by atoms with Gasteiger partial charge in [0.2, 0.25) is 0 Å². The van der Waals surface area contributed by atoms with Gasteiger partial charge in [0.25, 0.3) is 0 Å². The van der Waals surface area contributed by atoms with Crippen LogP contribution in [-0.4, -0.2) is 85.9 Å². The number of rotatable bonds is 5. The standard InChI is InChI=1S/C23H23AsFN9O2/c1-13(2)24-17-6-21(34-22-15(9-29-34)5-14(7-26)8-28-22)27-10-16(17)19-12-33(31-30-19)20-3-4-32(23(35)36)11-18(20)25/h5-6,8-10,12-13,18,20,24H,3-4,11H2,1-2H3,(H,35,36). The molecule has 1 aliphatic heterocycles. The third-order valence-corrected chi connectivity index (χ3v) is 8.72. The van der Waals surface area contributed by atoms with Gasteiger partial charge in [-0.05, 0) is 0 Å². The van der Waals surface area contributed by atoms with E-state index < -0.39 is 34.1 Å². The Labute approximate surface area is 212 Å². The molecule has 11 nitrogen and oxygen atoms in total. The van der Waals surface area contributed by atoms with Crippen LogP contribution in [0.1, 0.15) is 31.9 Å². The molecule has 1 N–H and O–H groups in total. The molecule has 0 saturated carbocycles. The zero-order valence-electron chi connectivity index (χ0n) is 19.6. The van der Waals surface area contributed by atoms with Crippen LogP contribution >= 0.6 is 0 Å². The number of fused-ring (bicyclic) bond motifs is 1. The summed E-state index contributed by atoms with van der Waals surface area (Å²) in [6.45, 7) is 4.40. The van der Waals surface area contributed by atoms with Crippen LogP contribution in [0.25, 0.3) is 28.1 Å². The van der Waals surface area contributed by atoms with E-state index >= 15 is 0 Å². The van der Waals surface area contributed by atoms with Crippen molar-refractivity contribution in [1.82, 2.24) is 39.6 Å². The third-order valence-electron chi connectivity index (χ3n) is 5.99. The second kappa shape index (κ2) is 9.66.